The molecule has 0 radical (unpaired) electrons. The molecule has 0 fully saturated rings. The molecule has 0 aliphatic rings. The van der Waals surface area contributed by atoms with E-state index < -0.39 is 22.0 Å². The number of rotatable bonds is 7. The zero-order chi connectivity index (χ0) is 17.6. The molecule has 1 unspecified atom stereocenters. The molecule has 0 spiro atoms. The highest BCUT2D eigenvalue weighted by molar-refractivity contribution is 7.89. The summed E-state index contributed by atoms with van der Waals surface area (Å²) in [5.41, 5.74) is 1.68. The Bertz CT molecular complexity index is 770. The molecule has 2 aromatic rings. The minimum atomic E-state index is -3.74. The SMILES string of the molecule is CCOC(=O)CC(NS(=O)(=O)c1ccc(C)cc1)c1ccccc1. The third kappa shape index (κ3) is 4.91. The third-order valence-electron chi connectivity index (χ3n) is 3.51. The lowest BCUT2D eigenvalue weighted by molar-refractivity contribution is -0.143. The number of carbonyl (C=O) groups excluding carboxylic acids is 1. The summed E-state index contributed by atoms with van der Waals surface area (Å²) >= 11 is 0. The second kappa shape index (κ2) is 8.08. The number of benzene rings is 2. The number of ether oxygens (including phenoxy) is 1. The van der Waals surface area contributed by atoms with Crippen molar-refractivity contribution in [3.8, 4) is 0 Å². The summed E-state index contributed by atoms with van der Waals surface area (Å²) in [7, 11) is -3.74. The molecule has 128 valence electrons. The van der Waals surface area contributed by atoms with Gasteiger partial charge in [-0.25, -0.2) is 13.1 Å². The molecule has 0 saturated carbocycles. The van der Waals surface area contributed by atoms with Crippen molar-refractivity contribution in [2.45, 2.75) is 31.2 Å². The van der Waals surface area contributed by atoms with E-state index in [1.165, 1.54) is 0 Å². The largest absolute Gasteiger partial charge is 0.466 e. The van der Waals surface area contributed by atoms with Gasteiger partial charge < -0.3 is 4.74 Å². The number of esters is 1. The van der Waals surface area contributed by atoms with Gasteiger partial charge in [-0.15, -0.1) is 0 Å². The normalized spacial score (nSPS) is 12.6. The minimum absolute atomic E-state index is 0.0665. The van der Waals surface area contributed by atoms with Gasteiger partial charge in [0.15, 0.2) is 0 Å². The van der Waals surface area contributed by atoms with Crippen molar-refractivity contribution in [3.63, 3.8) is 0 Å². The van der Waals surface area contributed by atoms with Gasteiger partial charge in [0.2, 0.25) is 10.0 Å². The lowest BCUT2D eigenvalue weighted by atomic mass is 10.1. The van der Waals surface area contributed by atoms with Gasteiger partial charge in [0.05, 0.1) is 24.0 Å². The second-order valence-corrected chi connectivity index (χ2v) is 7.12. The topological polar surface area (TPSA) is 72.5 Å². The van der Waals surface area contributed by atoms with Gasteiger partial charge in [-0.3, -0.25) is 4.79 Å². The summed E-state index contributed by atoms with van der Waals surface area (Å²) in [4.78, 5) is 12.0. The van der Waals surface area contributed by atoms with Crippen molar-refractivity contribution < 1.29 is 17.9 Å². The molecule has 2 rings (SSSR count). The standard InChI is InChI=1S/C18H21NO4S/c1-3-23-18(20)13-17(15-7-5-4-6-8-15)19-24(21,22)16-11-9-14(2)10-12-16/h4-12,17,19H,3,13H2,1-2H3. The van der Waals surface area contributed by atoms with Crippen LogP contribution < -0.4 is 4.72 Å². The Kier molecular flexibility index (Phi) is 6.11. The van der Waals surface area contributed by atoms with E-state index in [4.69, 9.17) is 4.74 Å². The Balaban J connectivity index is 2.27. The Morgan fingerprint density at radius 2 is 1.71 bits per heavy atom. The van der Waals surface area contributed by atoms with Crippen molar-refractivity contribution in [3.05, 3.63) is 65.7 Å². The van der Waals surface area contributed by atoms with Gasteiger partial charge in [0, 0.05) is 0 Å². The average Bonchev–Trinajstić information content (AvgIpc) is 2.55. The molecule has 0 aromatic heterocycles. The predicted octanol–water partition coefficient (Wildman–Crippen LogP) is 2.97. The molecular formula is C18H21NO4S. The average molecular weight is 347 g/mol. The number of hydrogen-bond donors (Lipinski definition) is 1. The van der Waals surface area contributed by atoms with Crippen LogP contribution in [0, 0.1) is 6.92 Å². The molecule has 1 atom stereocenters. The van der Waals surface area contributed by atoms with Crippen LogP contribution in [0.2, 0.25) is 0 Å². The fourth-order valence-electron chi connectivity index (χ4n) is 2.27. The summed E-state index contributed by atoms with van der Waals surface area (Å²) in [6, 6.07) is 14.9. The van der Waals surface area contributed by atoms with Crippen molar-refractivity contribution in [2.75, 3.05) is 6.61 Å². The first-order chi connectivity index (χ1) is 11.4. The van der Waals surface area contributed by atoms with Gasteiger partial charge in [-0.2, -0.15) is 0 Å². The minimum Gasteiger partial charge on any atom is -0.466 e. The van der Waals surface area contributed by atoms with E-state index >= 15 is 0 Å². The number of hydrogen-bond acceptors (Lipinski definition) is 4. The van der Waals surface area contributed by atoms with Gasteiger partial charge in [0.1, 0.15) is 0 Å². The van der Waals surface area contributed by atoms with Crippen molar-refractivity contribution >= 4 is 16.0 Å². The second-order valence-electron chi connectivity index (χ2n) is 5.41. The van der Waals surface area contributed by atoms with Crippen molar-refractivity contribution in [1.82, 2.24) is 4.72 Å². The van der Waals surface area contributed by atoms with Crippen LogP contribution in [0.3, 0.4) is 0 Å². The van der Waals surface area contributed by atoms with Gasteiger partial charge in [-0.1, -0.05) is 48.0 Å². The van der Waals surface area contributed by atoms with E-state index in [0.29, 0.717) is 5.56 Å². The maximum atomic E-state index is 12.6. The van der Waals surface area contributed by atoms with Gasteiger partial charge in [0.25, 0.3) is 0 Å². The van der Waals surface area contributed by atoms with E-state index in [2.05, 4.69) is 4.72 Å². The van der Waals surface area contributed by atoms with E-state index in [1.807, 2.05) is 13.0 Å². The Morgan fingerprint density at radius 3 is 2.29 bits per heavy atom. The highest BCUT2D eigenvalue weighted by Gasteiger charge is 2.24. The molecule has 2 aromatic carbocycles. The molecule has 0 bridgehead atoms. The summed E-state index contributed by atoms with van der Waals surface area (Å²) in [6.07, 6.45) is -0.0665. The molecule has 0 aliphatic heterocycles. The number of carbonyl (C=O) groups is 1. The first-order valence-electron chi connectivity index (χ1n) is 7.72. The van der Waals surface area contributed by atoms with E-state index in [1.54, 1.807) is 55.5 Å². The molecule has 24 heavy (non-hydrogen) atoms. The number of sulfonamides is 1. The maximum Gasteiger partial charge on any atom is 0.307 e. The Hall–Kier alpha value is -2.18. The van der Waals surface area contributed by atoms with E-state index in [0.717, 1.165) is 5.56 Å². The van der Waals surface area contributed by atoms with Crippen LogP contribution in [0.5, 0.6) is 0 Å². The first-order valence-corrected chi connectivity index (χ1v) is 9.20. The first kappa shape index (κ1) is 18.2. The highest BCUT2D eigenvalue weighted by atomic mass is 32.2. The Labute approximate surface area is 142 Å². The predicted molar refractivity (Wildman–Crippen MR) is 91.9 cm³/mol. The molecule has 0 heterocycles. The summed E-state index contributed by atoms with van der Waals surface area (Å²) < 4.78 is 32.8. The molecule has 0 aliphatic carbocycles. The molecule has 6 heteroatoms. The zero-order valence-electron chi connectivity index (χ0n) is 13.7. The summed E-state index contributed by atoms with van der Waals surface area (Å²) in [5.74, 6) is -0.446. The fourth-order valence-corrected chi connectivity index (χ4v) is 3.50. The summed E-state index contributed by atoms with van der Waals surface area (Å²) in [6.45, 7) is 3.86. The smallest absolute Gasteiger partial charge is 0.307 e. The van der Waals surface area contributed by atoms with Crippen LogP contribution >= 0.6 is 0 Å². The zero-order valence-corrected chi connectivity index (χ0v) is 14.5. The van der Waals surface area contributed by atoms with Crippen LogP contribution in [-0.2, 0) is 19.6 Å². The van der Waals surface area contributed by atoms with E-state index in [9.17, 15) is 13.2 Å². The number of aryl methyl sites for hydroxylation is 1. The molecule has 1 N–H and O–H groups in total. The quantitative estimate of drug-likeness (QED) is 0.782. The molecular weight excluding hydrogens is 326 g/mol. The molecule has 0 saturated heterocycles. The van der Waals surface area contributed by atoms with Crippen LogP contribution in [0.4, 0.5) is 0 Å². The molecule has 0 amide bonds. The van der Waals surface area contributed by atoms with Crippen LogP contribution in [0.1, 0.15) is 30.5 Å². The Morgan fingerprint density at radius 1 is 1.08 bits per heavy atom. The van der Waals surface area contributed by atoms with Crippen LogP contribution in [-0.4, -0.2) is 21.0 Å². The molecule has 5 nitrogen and oxygen atoms in total. The van der Waals surface area contributed by atoms with Crippen LogP contribution in [0.15, 0.2) is 59.5 Å². The third-order valence-corrected chi connectivity index (χ3v) is 4.99. The fraction of sp³-hybridized carbons (Fsp3) is 0.278. The van der Waals surface area contributed by atoms with E-state index in [-0.39, 0.29) is 17.9 Å². The summed E-state index contributed by atoms with van der Waals surface area (Å²) in [5, 5.41) is 0. The van der Waals surface area contributed by atoms with Gasteiger partial charge in [-0.05, 0) is 31.5 Å². The van der Waals surface area contributed by atoms with Crippen molar-refractivity contribution in [2.24, 2.45) is 0 Å². The van der Waals surface area contributed by atoms with Crippen LogP contribution in [0.25, 0.3) is 0 Å². The van der Waals surface area contributed by atoms with Crippen molar-refractivity contribution in [1.29, 1.82) is 0 Å². The lowest BCUT2D eigenvalue weighted by Gasteiger charge is -2.18. The van der Waals surface area contributed by atoms with Gasteiger partial charge >= 0.3 is 5.97 Å². The maximum absolute atomic E-state index is 12.6. The lowest BCUT2D eigenvalue weighted by Crippen LogP contribution is -2.30. The monoisotopic (exact) mass is 347 g/mol. The highest BCUT2D eigenvalue weighted by Crippen LogP contribution is 2.21. The number of nitrogens with one attached hydrogen (secondary N) is 1.